The number of anilines is 2. The average molecular weight is 451 g/mol. The molecule has 1 fully saturated rings. The SMILES string of the molecule is CCCCn1c(N)c(N(CC)C(=O)CN2CCC(C(=O)N(CC)CC)CC2)c(=O)[nH]c1=O. The van der Waals surface area contributed by atoms with E-state index >= 15 is 0 Å². The minimum atomic E-state index is -0.654. The molecule has 2 heterocycles. The zero-order valence-corrected chi connectivity index (χ0v) is 19.9. The van der Waals surface area contributed by atoms with Gasteiger partial charge in [-0.15, -0.1) is 0 Å². The topological polar surface area (TPSA) is 125 Å². The molecule has 1 aliphatic rings. The van der Waals surface area contributed by atoms with Crippen LogP contribution >= 0.6 is 0 Å². The number of nitrogens with two attached hydrogens (primary N) is 1. The van der Waals surface area contributed by atoms with E-state index in [9.17, 15) is 19.2 Å². The molecular weight excluding hydrogens is 412 g/mol. The zero-order valence-electron chi connectivity index (χ0n) is 19.9. The van der Waals surface area contributed by atoms with Crippen molar-refractivity contribution in [1.29, 1.82) is 0 Å². The summed E-state index contributed by atoms with van der Waals surface area (Å²) in [7, 11) is 0. The van der Waals surface area contributed by atoms with Gasteiger partial charge in [-0.3, -0.25) is 28.8 Å². The van der Waals surface area contributed by atoms with Crippen LogP contribution in [0.4, 0.5) is 11.5 Å². The van der Waals surface area contributed by atoms with Gasteiger partial charge in [-0.1, -0.05) is 13.3 Å². The van der Waals surface area contributed by atoms with Gasteiger partial charge in [-0.25, -0.2) is 4.79 Å². The number of nitrogen functional groups attached to an aromatic ring is 1. The Balaban J connectivity index is 2.11. The number of likely N-dealkylation sites (tertiary alicyclic amines) is 1. The Hall–Kier alpha value is -2.62. The molecule has 0 aliphatic carbocycles. The summed E-state index contributed by atoms with van der Waals surface area (Å²) < 4.78 is 1.32. The summed E-state index contributed by atoms with van der Waals surface area (Å²) in [6.07, 6.45) is 3.01. The van der Waals surface area contributed by atoms with Crippen molar-refractivity contribution < 1.29 is 9.59 Å². The number of likely N-dealkylation sites (N-methyl/N-ethyl adjacent to an activating group) is 1. The van der Waals surface area contributed by atoms with E-state index < -0.39 is 11.2 Å². The van der Waals surface area contributed by atoms with Crippen molar-refractivity contribution in [2.45, 2.75) is 59.9 Å². The van der Waals surface area contributed by atoms with E-state index in [2.05, 4.69) is 4.98 Å². The van der Waals surface area contributed by atoms with Crippen molar-refractivity contribution in [3.63, 3.8) is 0 Å². The Morgan fingerprint density at radius 1 is 1.06 bits per heavy atom. The highest BCUT2D eigenvalue weighted by Gasteiger charge is 2.30. The Kier molecular flexibility index (Phi) is 9.49. The maximum Gasteiger partial charge on any atom is 0.330 e. The molecule has 1 saturated heterocycles. The van der Waals surface area contributed by atoms with Gasteiger partial charge in [-0.2, -0.15) is 0 Å². The van der Waals surface area contributed by atoms with Crippen LogP contribution in [-0.4, -0.2) is 70.4 Å². The lowest BCUT2D eigenvalue weighted by Crippen LogP contribution is -2.48. The van der Waals surface area contributed by atoms with E-state index in [-0.39, 0.29) is 42.3 Å². The first-order valence-corrected chi connectivity index (χ1v) is 11.7. The van der Waals surface area contributed by atoms with Gasteiger partial charge in [-0.05, 0) is 53.1 Å². The minimum Gasteiger partial charge on any atom is -0.383 e. The van der Waals surface area contributed by atoms with Gasteiger partial charge < -0.3 is 15.5 Å². The van der Waals surface area contributed by atoms with Gasteiger partial charge in [0.25, 0.3) is 5.56 Å². The second-order valence-electron chi connectivity index (χ2n) is 8.20. The van der Waals surface area contributed by atoms with Gasteiger partial charge >= 0.3 is 5.69 Å². The van der Waals surface area contributed by atoms with Crippen molar-refractivity contribution in [3.8, 4) is 0 Å². The average Bonchev–Trinajstić information content (AvgIpc) is 2.77. The third kappa shape index (κ3) is 5.79. The molecule has 2 amide bonds. The van der Waals surface area contributed by atoms with Gasteiger partial charge in [0.2, 0.25) is 11.8 Å². The van der Waals surface area contributed by atoms with Crippen molar-refractivity contribution >= 4 is 23.3 Å². The quantitative estimate of drug-likeness (QED) is 0.545. The number of piperidine rings is 1. The predicted molar refractivity (Wildman–Crippen MR) is 126 cm³/mol. The fourth-order valence-corrected chi connectivity index (χ4v) is 4.24. The van der Waals surface area contributed by atoms with Gasteiger partial charge in [0.15, 0.2) is 5.69 Å². The number of aromatic amines is 1. The van der Waals surface area contributed by atoms with E-state index in [1.54, 1.807) is 6.92 Å². The standard InChI is InChI=1S/C22H38N6O4/c1-5-9-12-28-19(23)18(20(30)24-22(28)32)27(8-4)17(29)15-25-13-10-16(11-14-25)21(31)26(6-2)7-3/h16H,5-15,23H2,1-4H3,(H,24,30,32). The molecule has 0 atom stereocenters. The number of hydrogen-bond acceptors (Lipinski definition) is 6. The van der Waals surface area contributed by atoms with E-state index in [0.717, 1.165) is 12.8 Å². The number of carbonyl (C=O) groups excluding carboxylic acids is 2. The van der Waals surface area contributed by atoms with Crippen molar-refractivity contribution in [1.82, 2.24) is 19.4 Å². The first-order valence-electron chi connectivity index (χ1n) is 11.7. The van der Waals surface area contributed by atoms with Crippen LogP contribution in [0.5, 0.6) is 0 Å². The monoisotopic (exact) mass is 450 g/mol. The molecule has 3 N–H and O–H groups in total. The van der Waals surface area contributed by atoms with Crippen molar-refractivity contribution in [2.75, 3.05) is 49.9 Å². The molecule has 1 aromatic heterocycles. The van der Waals surface area contributed by atoms with E-state index in [1.807, 2.05) is 30.6 Å². The molecule has 0 unspecified atom stereocenters. The summed E-state index contributed by atoms with van der Waals surface area (Å²) in [6, 6.07) is 0. The fourth-order valence-electron chi connectivity index (χ4n) is 4.24. The van der Waals surface area contributed by atoms with Crippen molar-refractivity contribution in [3.05, 3.63) is 20.8 Å². The van der Waals surface area contributed by atoms with Crippen LogP contribution in [0.1, 0.15) is 53.4 Å². The summed E-state index contributed by atoms with van der Waals surface area (Å²) in [5.74, 6) is -0.0567. The van der Waals surface area contributed by atoms with Crippen LogP contribution in [0.25, 0.3) is 0 Å². The minimum absolute atomic E-state index is 0.0101. The molecular formula is C22H38N6O4. The largest absolute Gasteiger partial charge is 0.383 e. The number of H-pyrrole nitrogens is 1. The third-order valence-electron chi connectivity index (χ3n) is 6.21. The first kappa shape index (κ1) is 25.6. The Morgan fingerprint density at radius 3 is 2.22 bits per heavy atom. The summed E-state index contributed by atoms with van der Waals surface area (Å²) in [5, 5.41) is 0. The smallest absolute Gasteiger partial charge is 0.330 e. The lowest BCUT2D eigenvalue weighted by Gasteiger charge is -2.34. The van der Waals surface area contributed by atoms with Gasteiger partial charge in [0, 0.05) is 32.1 Å². The molecule has 1 aliphatic heterocycles. The Labute approximate surface area is 189 Å². The molecule has 0 spiro atoms. The fraction of sp³-hybridized carbons (Fsp3) is 0.727. The molecule has 0 saturated carbocycles. The summed E-state index contributed by atoms with van der Waals surface area (Å²) in [6.45, 7) is 11.2. The number of aromatic nitrogens is 2. The third-order valence-corrected chi connectivity index (χ3v) is 6.21. The molecule has 10 heteroatoms. The van der Waals surface area contributed by atoms with Crippen LogP contribution in [0.2, 0.25) is 0 Å². The van der Waals surface area contributed by atoms with Crippen LogP contribution in [0.15, 0.2) is 9.59 Å². The number of hydrogen-bond donors (Lipinski definition) is 2. The Bertz CT molecular complexity index is 897. The number of nitrogens with zero attached hydrogens (tertiary/aromatic N) is 4. The number of unbranched alkanes of at least 4 members (excludes halogenated alkanes) is 1. The highest BCUT2D eigenvalue weighted by molar-refractivity contribution is 5.96. The van der Waals surface area contributed by atoms with Gasteiger partial charge in [0.05, 0.1) is 6.54 Å². The summed E-state index contributed by atoms with van der Waals surface area (Å²) in [5.41, 5.74) is 4.98. The molecule has 0 radical (unpaired) electrons. The highest BCUT2D eigenvalue weighted by atomic mass is 16.2. The highest BCUT2D eigenvalue weighted by Crippen LogP contribution is 2.21. The number of carbonyl (C=O) groups is 2. The molecule has 0 aromatic carbocycles. The summed E-state index contributed by atoms with van der Waals surface area (Å²) >= 11 is 0. The number of rotatable bonds is 10. The lowest BCUT2D eigenvalue weighted by molar-refractivity contribution is -0.136. The Morgan fingerprint density at radius 2 is 1.69 bits per heavy atom. The summed E-state index contributed by atoms with van der Waals surface area (Å²) in [4.78, 5) is 57.9. The molecule has 180 valence electrons. The lowest BCUT2D eigenvalue weighted by atomic mass is 9.95. The maximum absolute atomic E-state index is 13.1. The predicted octanol–water partition coefficient (Wildman–Crippen LogP) is 0.852. The molecule has 2 rings (SSSR count). The van der Waals surface area contributed by atoms with Crippen LogP contribution in [0.3, 0.4) is 0 Å². The molecule has 0 bridgehead atoms. The van der Waals surface area contributed by atoms with E-state index in [1.165, 1.54) is 9.47 Å². The first-order chi connectivity index (χ1) is 15.3. The van der Waals surface area contributed by atoms with E-state index in [4.69, 9.17) is 5.73 Å². The van der Waals surface area contributed by atoms with E-state index in [0.29, 0.717) is 45.6 Å². The number of amides is 2. The zero-order chi connectivity index (χ0) is 23.8. The van der Waals surface area contributed by atoms with Crippen LogP contribution < -0.4 is 21.9 Å². The maximum atomic E-state index is 13.1. The molecule has 1 aromatic rings. The second kappa shape index (κ2) is 11.8. The second-order valence-corrected chi connectivity index (χ2v) is 8.20. The molecule has 10 nitrogen and oxygen atoms in total. The van der Waals surface area contributed by atoms with Crippen LogP contribution in [0, 0.1) is 5.92 Å². The van der Waals surface area contributed by atoms with Crippen molar-refractivity contribution in [2.24, 2.45) is 5.92 Å². The normalized spacial score (nSPS) is 15.0. The number of nitrogens with one attached hydrogen (secondary N) is 1. The van der Waals surface area contributed by atoms with Gasteiger partial charge in [0.1, 0.15) is 5.82 Å². The van der Waals surface area contributed by atoms with Crippen LogP contribution in [-0.2, 0) is 16.1 Å². The molecule has 32 heavy (non-hydrogen) atoms.